The third-order valence-electron chi connectivity index (χ3n) is 4.17. The number of ether oxygens (including phenoxy) is 1. The Bertz CT molecular complexity index is 866. The Kier molecular flexibility index (Phi) is 8.35. The molecule has 0 saturated carbocycles. The highest BCUT2D eigenvalue weighted by Gasteiger charge is 2.21. The molecule has 0 fully saturated rings. The van der Waals surface area contributed by atoms with Crippen molar-refractivity contribution in [2.75, 3.05) is 37.4 Å². The van der Waals surface area contributed by atoms with Crippen molar-refractivity contribution in [1.29, 1.82) is 0 Å². The first kappa shape index (κ1) is 22.3. The smallest absolute Gasteiger partial charge is 0.264 e. The number of thioether (sulfide) groups is 1. The molecular formula is C20H26N2O4S2. The summed E-state index contributed by atoms with van der Waals surface area (Å²) in [7, 11) is -2.16. The van der Waals surface area contributed by atoms with Crippen LogP contribution in [-0.2, 0) is 14.8 Å². The van der Waals surface area contributed by atoms with Crippen molar-refractivity contribution in [3.63, 3.8) is 0 Å². The van der Waals surface area contributed by atoms with Crippen molar-refractivity contribution < 1.29 is 17.9 Å². The Morgan fingerprint density at radius 2 is 1.75 bits per heavy atom. The van der Waals surface area contributed by atoms with Crippen LogP contribution in [-0.4, -0.2) is 47.4 Å². The average Bonchev–Trinajstić information content (AvgIpc) is 2.73. The van der Waals surface area contributed by atoms with Gasteiger partial charge in [-0.25, -0.2) is 8.42 Å². The van der Waals surface area contributed by atoms with Crippen molar-refractivity contribution in [3.8, 4) is 0 Å². The predicted octanol–water partition coefficient (Wildman–Crippen LogP) is 3.39. The summed E-state index contributed by atoms with van der Waals surface area (Å²) in [5, 5.41) is 2.82. The molecule has 28 heavy (non-hydrogen) atoms. The largest absolute Gasteiger partial charge is 0.382 e. The molecule has 0 aliphatic rings. The molecule has 0 aliphatic carbocycles. The van der Waals surface area contributed by atoms with Crippen molar-refractivity contribution in [2.45, 2.75) is 23.1 Å². The highest BCUT2D eigenvalue weighted by molar-refractivity contribution is 7.98. The Hall–Kier alpha value is -2.03. The molecule has 0 unspecified atom stereocenters. The number of hydrogen-bond donors (Lipinski definition) is 1. The quantitative estimate of drug-likeness (QED) is 0.469. The van der Waals surface area contributed by atoms with Crippen LogP contribution in [0.3, 0.4) is 0 Å². The van der Waals surface area contributed by atoms with Crippen LogP contribution in [0.5, 0.6) is 0 Å². The van der Waals surface area contributed by atoms with Gasteiger partial charge in [0, 0.05) is 37.3 Å². The molecule has 0 heterocycles. The maximum Gasteiger partial charge on any atom is 0.264 e. The van der Waals surface area contributed by atoms with E-state index in [4.69, 9.17) is 4.74 Å². The lowest BCUT2D eigenvalue weighted by atomic mass is 10.2. The monoisotopic (exact) mass is 422 g/mol. The van der Waals surface area contributed by atoms with Crippen molar-refractivity contribution >= 4 is 33.4 Å². The summed E-state index contributed by atoms with van der Waals surface area (Å²) >= 11 is 1.55. The zero-order chi connectivity index (χ0) is 20.6. The zero-order valence-corrected chi connectivity index (χ0v) is 18.0. The molecular weight excluding hydrogens is 396 g/mol. The third kappa shape index (κ3) is 5.73. The molecule has 0 aromatic heterocycles. The molecule has 2 aromatic carbocycles. The number of hydrogen-bond acceptors (Lipinski definition) is 5. The molecule has 8 heteroatoms. The first-order chi connectivity index (χ1) is 13.4. The maximum atomic E-state index is 12.8. The number of benzene rings is 2. The van der Waals surface area contributed by atoms with Crippen molar-refractivity contribution in [3.05, 3.63) is 54.1 Å². The van der Waals surface area contributed by atoms with E-state index in [0.717, 1.165) is 11.3 Å². The van der Waals surface area contributed by atoms with Crippen LogP contribution in [0.1, 0.15) is 23.7 Å². The van der Waals surface area contributed by atoms with E-state index in [-0.39, 0.29) is 10.8 Å². The molecule has 6 nitrogen and oxygen atoms in total. The summed E-state index contributed by atoms with van der Waals surface area (Å²) in [6.45, 7) is 3.72. The first-order valence-electron chi connectivity index (χ1n) is 8.99. The van der Waals surface area contributed by atoms with E-state index in [1.165, 1.54) is 11.4 Å². The van der Waals surface area contributed by atoms with Crippen LogP contribution in [0.25, 0.3) is 0 Å². The van der Waals surface area contributed by atoms with E-state index >= 15 is 0 Å². The van der Waals surface area contributed by atoms with Gasteiger partial charge in [0.15, 0.2) is 0 Å². The standard InChI is InChI=1S/C20H26N2O4S2/c1-4-26-15-5-14-21-20(23)16-6-8-17(9-7-16)22(2)28(24,25)19-12-10-18(27-3)11-13-19/h6-13H,4-5,14-15H2,1-3H3,(H,21,23). The molecule has 0 aliphatic heterocycles. The molecule has 0 atom stereocenters. The van der Waals surface area contributed by atoms with E-state index in [1.807, 2.05) is 13.2 Å². The van der Waals surface area contributed by atoms with Crippen LogP contribution < -0.4 is 9.62 Å². The van der Waals surface area contributed by atoms with E-state index in [9.17, 15) is 13.2 Å². The fourth-order valence-corrected chi connectivity index (χ4v) is 4.09. The normalized spacial score (nSPS) is 11.2. The van der Waals surface area contributed by atoms with Gasteiger partial charge in [0.1, 0.15) is 0 Å². The van der Waals surface area contributed by atoms with Crippen LogP contribution in [0.2, 0.25) is 0 Å². The minimum absolute atomic E-state index is 0.193. The van der Waals surface area contributed by atoms with E-state index < -0.39 is 10.0 Å². The van der Waals surface area contributed by atoms with Gasteiger partial charge in [-0.2, -0.15) is 0 Å². The van der Waals surface area contributed by atoms with Gasteiger partial charge in [-0.15, -0.1) is 11.8 Å². The highest BCUT2D eigenvalue weighted by atomic mass is 32.2. The molecule has 0 bridgehead atoms. The first-order valence-corrected chi connectivity index (χ1v) is 11.7. The summed E-state index contributed by atoms with van der Waals surface area (Å²) < 4.78 is 32.1. The highest BCUT2D eigenvalue weighted by Crippen LogP contribution is 2.24. The van der Waals surface area contributed by atoms with Crippen LogP contribution in [0, 0.1) is 0 Å². The van der Waals surface area contributed by atoms with Gasteiger partial charge in [-0.3, -0.25) is 9.10 Å². The predicted molar refractivity (Wildman–Crippen MR) is 114 cm³/mol. The SMILES string of the molecule is CCOCCCNC(=O)c1ccc(N(C)S(=O)(=O)c2ccc(SC)cc2)cc1. The summed E-state index contributed by atoms with van der Waals surface area (Å²) in [4.78, 5) is 13.4. The fourth-order valence-electron chi connectivity index (χ4n) is 2.49. The second kappa shape index (κ2) is 10.5. The van der Waals surface area contributed by atoms with Gasteiger partial charge in [-0.05, 0) is 68.1 Å². The van der Waals surface area contributed by atoms with Gasteiger partial charge in [0.2, 0.25) is 0 Å². The van der Waals surface area contributed by atoms with Crippen molar-refractivity contribution in [2.24, 2.45) is 0 Å². The molecule has 1 amide bonds. The molecule has 2 rings (SSSR count). The summed E-state index contributed by atoms with van der Waals surface area (Å²) in [5.41, 5.74) is 0.970. The maximum absolute atomic E-state index is 12.8. The number of sulfonamides is 1. The Labute approximate surface area is 171 Å². The number of nitrogens with one attached hydrogen (secondary N) is 1. The summed E-state index contributed by atoms with van der Waals surface area (Å²) in [6.07, 6.45) is 2.68. The molecule has 1 N–H and O–H groups in total. The lowest BCUT2D eigenvalue weighted by molar-refractivity contribution is 0.0944. The van der Waals surface area contributed by atoms with Crippen LogP contribution >= 0.6 is 11.8 Å². The average molecular weight is 423 g/mol. The van der Waals surface area contributed by atoms with Gasteiger partial charge in [-0.1, -0.05) is 0 Å². The second-order valence-electron chi connectivity index (χ2n) is 6.00. The van der Waals surface area contributed by atoms with Gasteiger partial charge >= 0.3 is 0 Å². The minimum Gasteiger partial charge on any atom is -0.382 e. The molecule has 152 valence electrons. The lowest BCUT2D eigenvalue weighted by Crippen LogP contribution is -2.27. The number of carbonyl (C=O) groups is 1. The topological polar surface area (TPSA) is 75.7 Å². The number of anilines is 1. The molecule has 0 spiro atoms. The van der Waals surface area contributed by atoms with Gasteiger partial charge in [0.05, 0.1) is 10.6 Å². The molecule has 0 radical (unpaired) electrons. The van der Waals surface area contributed by atoms with Crippen LogP contribution in [0.15, 0.2) is 58.3 Å². The Morgan fingerprint density at radius 3 is 2.32 bits per heavy atom. The van der Waals surface area contributed by atoms with Gasteiger partial charge < -0.3 is 10.1 Å². The zero-order valence-electron chi connectivity index (χ0n) is 16.3. The molecule has 2 aromatic rings. The summed E-state index contributed by atoms with van der Waals surface area (Å²) in [6, 6.07) is 13.3. The Balaban J connectivity index is 2.03. The number of nitrogens with zero attached hydrogens (tertiary/aromatic N) is 1. The number of carbonyl (C=O) groups excluding carboxylic acids is 1. The van der Waals surface area contributed by atoms with E-state index in [0.29, 0.717) is 31.0 Å². The Morgan fingerprint density at radius 1 is 1.11 bits per heavy atom. The van der Waals surface area contributed by atoms with Crippen LogP contribution in [0.4, 0.5) is 5.69 Å². The lowest BCUT2D eigenvalue weighted by Gasteiger charge is -2.20. The molecule has 0 saturated heterocycles. The number of amides is 1. The van der Waals surface area contributed by atoms with Gasteiger partial charge in [0.25, 0.3) is 15.9 Å². The second-order valence-corrected chi connectivity index (χ2v) is 8.85. The number of rotatable bonds is 10. The van der Waals surface area contributed by atoms with E-state index in [2.05, 4.69) is 5.32 Å². The fraction of sp³-hybridized carbons (Fsp3) is 0.350. The summed E-state index contributed by atoms with van der Waals surface area (Å²) in [5.74, 6) is -0.193. The third-order valence-corrected chi connectivity index (χ3v) is 6.71. The van der Waals surface area contributed by atoms with Crippen molar-refractivity contribution in [1.82, 2.24) is 5.32 Å². The minimum atomic E-state index is -3.66. The van der Waals surface area contributed by atoms with E-state index in [1.54, 1.807) is 60.3 Å².